The van der Waals surface area contributed by atoms with Gasteiger partial charge < -0.3 is 10.6 Å². The van der Waals surface area contributed by atoms with Crippen molar-refractivity contribution in [3.05, 3.63) is 41.7 Å². The second-order valence-corrected chi connectivity index (χ2v) is 5.11. The van der Waals surface area contributed by atoms with Crippen molar-refractivity contribution in [1.29, 1.82) is 0 Å². The van der Waals surface area contributed by atoms with E-state index in [9.17, 15) is 0 Å². The minimum absolute atomic E-state index is 0.591. The lowest BCUT2D eigenvalue weighted by atomic mass is 10.2. The summed E-state index contributed by atoms with van der Waals surface area (Å²) >= 11 is 0. The Kier molecular flexibility index (Phi) is 3.21. The molecular formula is C14H19N5. The monoisotopic (exact) mass is 257 g/mol. The van der Waals surface area contributed by atoms with E-state index in [1.165, 1.54) is 24.1 Å². The summed E-state index contributed by atoms with van der Waals surface area (Å²) in [6.07, 6.45) is 4.50. The highest BCUT2D eigenvalue weighted by Crippen LogP contribution is 2.32. The summed E-state index contributed by atoms with van der Waals surface area (Å²) in [5.74, 6) is 0. The fourth-order valence-electron chi connectivity index (χ4n) is 2.28. The molecule has 3 rings (SSSR count). The van der Waals surface area contributed by atoms with Gasteiger partial charge in [-0.05, 0) is 30.5 Å². The lowest BCUT2D eigenvalue weighted by Crippen LogP contribution is -2.25. The van der Waals surface area contributed by atoms with Gasteiger partial charge in [0.05, 0.1) is 6.54 Å². The molecular weight excluding hydrogens is 238 g/mol. The molecule has 1 aromatic carbocycles. The maximum atomic E-state index is 5.64. The van der Waals surface area contributed by atoms with Crippen LogP contribution in [0.25, 0.3) is 0 Å². The summed E-state index contributed by atoms with van der Waals surface area (Å²) < 4.78 is 1.75. The molecule has 0 saturated heterocycles. The summed E-state index contributed by atoms with van der Waals surface area (Å²) in [5, 5.41) is 8.17. The molecule has 0 aliphatic heterocycles. The Morgan fingerprint density at radius 2 is 2.05 bits per heavy atom. The van der Waals surface area contributed by atoms with Crippen LogP contribution in [0.1, 0.15) is 24.1 Å². The van der Waals surface area contributed by atoms with E-state index in [1.54, 1.807) is 4.68 Å². The Balaban J connectivity index is 1.79. The van der Waals surface area contributed by atoms with Crippen LogP contribution in [-0.4, -0.2) is 21.0 Å². The molecule has 1 aliphatic carbocycles. The lowest BCUT2D eigenvalue weighted by molar-refractivity contribution is 0.710. The molecule has 0 atom stereocenters. The zero-order valence-corrected chi connectivity index (χ0v) is 11.2. The first-order valence-electron chi connectivity index (χ1n) is 6.67. The SMILES string of the molecule is Cn1cc(CN(c2ccc(CN)cc2)C2CC2)nn1. The van der Waals surface area contributed by atoms with Gasteiger partial charge in [-0.3, -0.25) is 4.68 Å². The Bertz CT molecular complexity index is 541. The largest absolute Gasteiger partial charge is 0.363 e. The molecule has 0 amide bonds. The highest BCUT2D eigenvalue weighted by Gasteiger charge is 2.29. The molecule has 2 N–H and O–H groups in total. The van der Waals surface area contributed by atoms with Gasteiger partial charge in [0, 0.05) is 31.5 Å². The second kappa shape index (κ2) is 5.01. The molecule has 1 fully saturated rings. The molecule has 0 radical (unpaired) electrons. The number of aromatic nitrogens is 3. The first kappa shape index (κ1) is 12.2. The van der Waals surface area contributed by atoms with Gasteiger partial charge in [-0.25, -0.2) is 0 Å². The van der Waals surface area contributed by atoms with Crippen molar-refractivity contribution in [1.82, 2.24) is 15.0 Å². The summed E-state index contributed by atoms with van der Waals surface area (Å²) in [5.41, 5.74) is 9.06. The molecule has 1 aliphatic rings. The van der Waals surface area contributed by atoms with Crippen molar-refractivity contribution < 1.29 is 0 Å². The van der Waals surface area contributed by atoms with Crippen LogP contribution in [0.3, 0.4) is 0 Å². The number of hydrogen-bond donors (Lipinski definition) is 1. The Morgan fingerprint density at radius 3 is 2.58 bits per heavy atom. The highest BCUT2D eigenvalue weighted by molar-refractivity contribution is 5.50. The number of benzene rings is 1. The molecule has 0 unspecified atom stereocenters. The number of rotatable bonds is 5. The number of anilines is 1. The third kappa shape index (κ3) is 2.76. The minimum Gasteiger partial charge on any atom is -0.363 e. The van der Waals surface area contributed by atoms with Crippen LogP contribution >= 0.6 is 0 Å². The number of aryl methyl sites for hydroxylation is 1. The van der Waals surface area contributed by atoms with Gasteiger partial charge in [0.1, 0.15) is 5.69 Å². The molecule has 5 nitrogen and oxygen atoms in total. The Hall–Kier alpha value is -1.88. The van der Waals surface area contributed by atoms with Gasteiger partial charge in [0.2, 0.25) is 0 Å². The van der Waals surface area contributed by atoms with E-state index in [0.717, 1.165) is 12.2 Å². The standard InChI is InChI=1S/C14H19N5/c1-18-9-12(16-17-18)10-19(14-6-7-14)13-4-2-11(8-15)3-5-13/h2-5,9,14H,6-8,10,15H2,1H3. The molecule has 19 heavy (non-hydrogen) atoms. The molecule has 2 aromatic rings. The predicted molar refractivity (Wildman–Crippen MR) is 74.5 cm³/mol. The first-order chi connectivity index (χ1) is 9.26. The predicted octanol–water partition coefficient (Wildman–Crippen LogP) is 1.44. The van der Waals surface area contributed by atoms with E-state index < -0.39 is 0 Å². The van der Waals surface area contributed by atoms with Crippen LogP contribution in [0.5, 0.6) is 0 Å². The highest BCUT2D eigenvalue weighted by atomic mass is 15.4. The average Bonchev–Trinajstić information content (AvgIpc) is 3.20. The molecule has 1 saturated carbocycles. The van der Waals surface area contributed by atoms with Crippen LogP contribution in [0, 0.1) is 0 Å². The van der Waals surface area contributed by atoms with Gasteiger partial charge in [0.15, 0.2) is 0 Å². The molecule has 1 heterocycles. The van der Waals surface area contributed by atoms with Crippen molar-refractivity contribution in [2.75, 3.05) is 4.90 Å². The van der Waals surface area contributed by atoms with Crippen LogP contribution in [0.2, 0.25) is 0 Å². The van der Waals surface area contributed by atoms with E-state index in [4.69, 9.17) is 5.73 Å². The fourth-order valence-corrected chi connectivity index (χ4v) is 2.28. The number of nitrogens with two attached hydrogens (primary N) is 1. The first-order valence-corrected chi connectivity index (χ1v) is 6.67. The zero-order chi connectivity index (χ0) is 13.2. The quantitative estimate of drug-likeness (QED) is 0.880. The summed E-state index contributed by atoms with van der Waals surface area (Å²) in [7, 11) is 1.90. The Labute approximate surface area is 113 Å². The van der Waals surface area contributed by atoms with Crippen LogP contribution in [0.4, 0.5) is 5.69 Å². The zero-order valence-electron chi connectivity index (χ0n) is 11.2. The van der Waals surface area contributed by atoms with Gasteiger partial charge in [-0.2, -0.15) is 0 Å². The molecule has 5 heteroatoms. The summed E-state index contributed by atoms with van der Waals surface area (Å²) in [4.78, 5) is 2.41. The van der Waals surface area contributed by atoms with Gasteiger partial charge in [-0.15, -0.1) is 5.10 Å². The molecule has 1 aromatic heterocycles. The summed E-state index contributed by atoms with van der Waals surface area (Å²) in [6, 6.07) is 9.14. The minimum atomic E-state index is 0.591. The smallest absolute Gasteiger partial charge is 0.102 e. The van der Waals surface area contributed by atoms with Gasteiger partial charge in [-0.1, -0.05) is 17.3 Å². The third-order valence-corrected chi connectivity index (χ3v) is 3.47. The van der Waals surface area contributed by atoms with Crippen molar-refractivity contribution >= 4 is 5.69 Å². The summed E-state index contributed by atoms with van der Waals surface area (Å²) in [6.45, 7) is 1.41. The second-order valence-electron chi connectivity index (χ2n) is 5.11. The molecule has 100 valence electrons. The maximum absolute atomic E-state index is 5.64. The van der Waals surface area contributed by atoms with Gasteiger partial charge in [0.25, 0.3) is 0 Å². The topological polar surface area (TPSA) is 60.0 Å². The molecule has 0 spiro atoms. The van der Waals surface area contributed by atoms with Crippen LogP contribution in [-0.2, 0) is 20.1 Å². The van der Waals surface area contributed by atoms with E-state index in [-0.39, 0.29) is 0 Å². The van der Waals surface area contributed by atoms with Crippen molar-refractivity contribution in [2.45, 2.75) is 32.0 Å². The van der Waals surface area contributed by atoms with Crippen LogP contribution in [0.15, 0.2) is 30.5 Å². The van der Waals surface area contributed by atoms with E-state index in [1.807, 2.05) is 13.2 Å². The van der Waals surface area contributed by atoms with Crippen molar-refractivity contribution in [3.63, 3.8) is 0 Å². The Morgan fingerprint density at radius 1 is 1.32 bits per heavy atom. The van der Waals surface area contributed by atoms with Crippen molar-refractivity contribution in [2.24, 2.45) is 12.8 Å². The van der Waals surface area contributed by atoms with Crippen molar-refractivity contribution in [3.8, 4) is 0 Å². The third-order valence-electron chi connectivity index (χ3n) is 3.47. The lowest BCUT2D eigenvalue weighted by Gasteiger charge is -2.23. The van der Waals surface area contributed by atoms with Gasteiger partial charge >= 0.3 is 0 Å². The van der Waals surface area contributed by atoms with E-state index in [2.05, 4.69) is 39.5 Å². The van der Waals surface area contributed by atoms with E-state index in [0.29, 0.717) is 12.6 Å². The number of nitrogens with zero attached hydrogens (tertiary/aromatic N) is 4. The fraction of sp³-hybridized carbons (Fsp3) is 0.429. The maximum Gasteiger partial charge on any atom is 0.102 e. The number of hydrogen-bond acceptors (Lipinski definition) is 4. The molecule has 0 bridgehead atoms. The average molecular weight is 257 g/mol. The normalized spacial score (nSPS) is 14.6. The van der Waals surface area contributed by atoms with Crippen LogP contribution < -0.4 is 10.6 Å². The van der Waals surface area contributed by atoms with E-state index >= 15 is 0 Å².